The number of rotatable bonds is 2. The number of halogens is 1. The molecule has 0 N–H and O–H groups in total. The summed E-state index contributed by atoms with van der Waals surface area (Å²) < 4.78 is 13.2. The van der Waals surface area contributed by atoms with Gasteiger partial charge in [-0.15, -0.1) is 0 Å². The van der Waals surface area contributed by atoms with Crippen LogP contribution >= 0.6 is 11.8 Å². The third-order valence-corrected chi connectivity index (χ3v) is 4.61. The predicted molar refractivity (Wildman–Crippen MR) is 73.6 cm³/mol. The van der Waals surface area contributed by atoms with E-state index >= 15 is 0 Å². The summed E-state index contributed by atoms with van der Waals surface area (Å²) in [4.78, 5) is 14.1. The molecule has 98 valence electrons. The lowest BCUT2D eigenvalue weighted by atomic mass is 10.1. The van der Waals surface area contributed by atoms with Crippen LogP contribution in [0.3, 0.4) is 0 Å². The fraction of sp³-hybridized carbons (Fsp3) is 0.500. The zero-order valence-corrected chi connectivity index (χ0v) is 11.6. The van der Waals surface area contributed by atoms with Crippen LogP contribution in [0.25, 0.3) is 0 Å². The SMILES string of the molecule is CSC1CCN(C(=O)c2ccc(F)c(C)c2)CC1. The highest BCUT2D eigenvalue weighted by atomic mass is 32.2. The number of likely N-dealkylation sites (tertiary alicyclic amines) is 1. The third-order valence-electron chi connectivity index (χ3n) is 3.47. The van der Waals surface area contributed by atoms with Gasteiger partial charge in [-0.2, -0.15) is 11.8 Å². The molecule has 1 fully saturated rings. The van der Waals surface area contributed by atoms with Crippen molar-refractivity contribution in [3.05, 3.63) is 35.1 Å². The van der Waals surface area contributed by atoms with E-state index < -0.39 is 0 Å². The minimum absolute atomic E-state index is 0.0256. The fourth-order valence-electron chi connectivity index (χ4n) is 2.25. The number of aryl methyl sites for hydroxylation is 1. The number of amides is 1. The van der Waals surface area contributed by atoms with Gasteiger partial charge < -0.3 is 4.90 Å². The molecule has 0 aliphatic carbocycles. The second-order valence-electron chi connectivity index (χ2n) is 4.69. The summed E-state index contributed by atoms with van der Waals surface area (Å²) in [7, 11) is 0. The molecule has 1 aliphatic rings. The smallest absolute Gasteiger partial charge is 0.253 e. The molecule has 0 bridgehead atoms. The van der Waals surface area contributed by atoms with Crippen LogP contribution in [0, 0.1) is 12.7 Å². The summed E-state index contributed by atoms with van der Waals surface area (Å²) in [5.41, 5.74) is 1.12. The number of thioether (sulfide) groups is 1. The second-order valence-corrected chi connectivity index (χ2v) is 5.83. The molecule has 1 saturated heterocycles. The van der Waals surface area contributed by atoms with Gasteiger partial charge in [0, 0.05) is 23.9 Å². The monoisotopic (exact) mass is 267 g/mol. The van der Waals surface area contributed by atoms with E-state index in [0.29, 0.717) is 16.4 Å². The van der Waals surface area contributed by atoms with Crippen molar-refractivity contribution in [2.45, 2.75) is 25.0 Å². The zero-order valence-electron chi connectivity index (χ0n) is 10.8. The third kappa shape index (κ3) is 2.86. The summed E-state index contributed by atoms with van der Waals surface area (Å²) in [6.07, 6.45) is 4.21. The summed E-state index contributed by atoms with van der Waals surface area (Å²) in [5, 5.41) is 0.670. The van der Waals surface area contributed by atoms with Gasteiger partial charge in [0.25, 0.3) is 5.91 Å². The number of piperidine rings is 1. The van der Waals surface area contributed by atoms with Crippen molar-refractivity contribution in [2.24, 2.45) is 0 Å². The van der Waals surface area contributed by atoms with Crippen LogP contribution in [-0.2, 0) is 0 Å². The highest BCUT2D eigenvalue weighted by molar-refractivity contribution is 7.99. The van der Waals surface area contributed by atoms with Gasteiger partial charge in [0.05, 0.1) is 0 Å². The van der Waals surface area contributed by atoms with E-state index in [1.165, 1.54) is 6.07 Å². The van der Waals surface area contributed by atoms with Gasteiger partial charge in [0.2, 0.25) is 0 Å². The van der Waals surface area contributed by atoms with Crippen LogP contribution in [0.2, 0.25) is 0 Å². The van der Waals surface area contributed by atoms with E-state index in [0.717, 1.165) is 25.9 Å². The number of hydrogen-bond donors (Lipinski definition) is 0. The lowest BCUT2D eigenvalue weighted by molar-refractivity contribution is 0.0727. The Kier molecular flexibility index (Phi) is 4.27. The topological polar surface area (TPSA) is 20.3 Å². The van der Waals surface area contributed by atoms with Crippen LogP contribution in [0.5, 0.6) is 0 Å². The maximum Gasteiger partial charge on any atom is 0.253 e. The Balaban J connectivity index is 2.05. The Morgan fingerprint density at radius 2 is 2.06 bits per heavy atom. The number of carbonyl (C=O) groups is 1. The van der Waals surface area contributed by atoms with Crippen molar-refractivity contribution in [3.63, 3.8) is 0 Å². The molecular weight excluding hydrogens is 249 g/mol. The van der Waals surface area contributed by atoms with Crippen LogP contribution in [0.1, 0.15) is 28.8 Å². The lowest BCUT2D eigenvalue weighted by Gasteiger charge is -2.31. The molecule has 1 aromatic carbocycles. The number of nitrogens with zero attached hydrogens (tertiary/aromatic N) is 1. The molecule has 1 aromatic rings. The van der Waals surface area contributed by atoms with Crippen LogP contribution < -0.4 is 0 Å². The van der Waals surface area contributed by atoms with Gasteiger partial charge in [-0.05, 0) is 49.8 Å². The molecule has 4 heteroatoms. The molecule has 0 radical (unpaired) electrons. The van der Waals surface area contributed by atoms with Crippen molar-refractivity contribution in [1.82, 2.24) is 4.90 Å². The Bertz CT molecular complexity index is 441. The number of hydrogen-bond acceptors (Lipinski definition) is 2. The molecule has 0 saturated carbocycles. The quantitative estimate of drug-likeness (QED) is 0.820. The van der Waals surface area contributed by atoms with Crippen molar-refractivity contribution >= 4 is 17.7 Å². The van der Waals surface area contributed by atoms with E-state index in [1.54, 1.807) is 19.1 Å². The molecule has 0 aromatic heterocycles. The van der Waals surface area contributed by atoms with Gasteiger partial charge >= 0.3 is 0 Å². The maximum atomic E-state index is 13.2. The number of carbonyl (C=O) groups excluding carboxylic acids is 1. The Hall–Kier alpha value is -1.03. The van der Waals surface area contributed by atoms with Gasteiger partial charge in [-0.25, -0.2) is 4.39 Å². The standard InChI is InChI=1S/C14H18FNOS/c1-10-9-11(3-4-13(10)15)14(17)16-7-5-12(18-2)6-8-16/h3-4,9,12H,5-8H2,1-2H3. The first kappa shape index (κ1) is 13.4. The van der Waals surface area contributed by atoms with Gasteiger partial charge in [-0.1, -0.05) is 0 Å². The predicted octanol–water partition coefficient (Wildman–Crippen LogP) is 3.10. The van der Waals surface area contributed by atoms with E-state index in [1.807, 2.05) is 16.7 Å². The van der Waals surface area contributed by atoms with E-state index in [2.05, 4.69) is 6.26 Å². The second kappa shape index (κ2) is 5.74. The highest BCUT2D eigenvalue weighted by Gasteiger charge is 2.23. The Labute approximate surface area is 112 Å². The summed E-state index contributed by atoms with van der Waals surface area (Å²) in [5.74, 6) is -0.231. The fourth-order valence-corrected chi connectivity index (χ4v) is 2.94. The maximum absolute atomic E-state index is 13.2. The molecule has 1 heterocycles. The molecule has 0 atom stereocenters. The summed E-state index contributed by atoms with van der Waals surface area (Å²) in [6.45, 7) is 3.30. The van der Waals surface area contributed by atoms with E-state index in [-0.39, 0.29) is 11.7 Å². The van der Waals surface area contributed by atoms with Gasteiger partial charge in [0.15, 0.2) is 0 Å². The summed E-state index contributed by atoms with van der Waals surface area (Å²) in [6, 6.07) is 4.58. The minimum Gasteiger partial charge on any atom is -0.339 e. The van der Waals surface area contributed by atoms with Crippen LogP contribution in [0.4, 0.5) is 4.39 Å². The van der Waals surface area contributed by atoms with E-state index in [9.17, 15) is 9.18 Å². The largest absolute Gasteiger partial charge is 0.339 e. The van der Waals surface area contributed by atoms with Gasteiger partial charge in [0.1, 0.15) is 5.82 Å². The first-order chi connectivity index (χ1) is 8.61. The zero-order chi connectivity index (χ0) is 13.1. The first-order valence-electron chi connectivity index (χ1n) is 6.20. The number of benzene rings is 1. The van der Waals surface area contributed by atoms with Crippen LogP contribution in [-0.4, -0.2) is 35.4 Å². The molecule has 1 amide bonds. The molecule has 18 heavy (non-hydrogen) atoms. The first-order valence-corrected chi connectivity index (χ1v) is 7.49. The van der Waals surface area contributed by atoms with E-state index in [4.69, 9.17) is 0 Å². The molecule has 1 aliphatic heterocycles. The molecule has 0 spiro atoms. The Morgan fingerprint density at radius 3 is 2.61 bits per heavy atom. The molecule has 2 nitrogen and oxygen atoms in total. The average Bonchev–Trinajstić information content (AvgIpc) is 2.41. The molecule has 2 rings (SSSR count). The van der Waals surface area contributed by atoms with Gasteiger partial charge in [-0.3, -0.25) is 4.79 Å². The lowest BCUT2D eigenvalue weighted by Crippen LogP contribution is -2.39. The van der Waals surface area contributed by atoms with Crippen molar-refractivity contribution < 1.29 is 9.18 Å². The van der Waals surface area contributed by atoms with Crippen molar-refractivity contribution in [3.8, 4) is 0 Å². The van der Waals surface area contributed by atoms with Crippen LogP contribution in [0.15, 0.2) is 18.2 Å². The summed E-state index contributed by atoms with van der Waals surface area (Å²) >= 11 is 1.87. The minimum atomic E-state index is -0.257. The Morgan fingerprint density at radius 1 is 1.39 bits per heavy atom. The molecular formula is C14H18FNOS. The average molecular weight is 267 g/mol. The highest BCUT2D eigenvalue weighted by Crippen LogP contribution is 2.22. The molecule has 0 unspecified atom stereocenters. The van der Waals surface area contributed by atoms with Crippen molar-refractivity contribution in [2.75, 3.05) is 19.3 Å². The normalized spacial score (nSPS) is 16.9. The van der Waals surface area contributed by atoms with Crippen molar-refractivity contribution in [1.29, 1.82) is 0 Å².